The Bertz CT molecular complexity index is 493. The van der Waals surface area contributed by atoms with Gasteiger partial charge in [-0.05, 0) is 43.9 Å². The maximum absolute atomic E-state index is 10.3. The lowest BCUT2D eigenvalue weighted by atomic mass is 10.0. The average Bonchev–Trinajstić information content (AvgIpc) is 2.43. The minimum Gasteiger partial charge on any atom is -0.491 e. The third kappa shape index (κ3) is 5.48. The number of aliphatic hydroxyl groups excluding tert-OH is 1. The number of hydrogen-bond acceptors (Lipinski definition) is 4. The van der Waals surface area contributed by atoms with E-state index >= 15 is 0 Å². The summed E-state index contributed by atoms with van der Waals surface area (Å²) in [5, 5.41) is 10.3. The molecule has 3 atom stereocenters. The van der Waals surface area contributed by atoms with Crippen LogP contribution in [0.15, 0.2) is 18.2 Å². The number of aryl methyl sites for hydroxylation is 1. The molecule has 0 bridgehead atoms. The number of morpholine rings is 1. The Morgan fingerprint density at radius 2 is 1.91 bits per heavy atom. The van der Waals surface area contributed by atoms with Gasteiger partial charge in [0.1, 0.15) is 18.5 Å². The van der Waals surface area contributed by atoms with E-state index in [0.29, 0.717) is 19.1 Å². The van der Waals surface area contributed by atoms with Crippen LogP contribution in [0, 0.1) is 6.92 Å². The van der Waals surface area contributed by atoms with Crippen LogP contribution in [0.5, 0.6) is 5.75 Å². The Kier molecular flexibility index (Phi) is 6.45. The van der Waals surface area contributed by atoms with E-state index in [1.165, 1.54) is 11.1 Å². The van der Waals surface area contributed by atoms with Gasteiger partial charge in [0.05, 0.1) is 12.2 Å². The SMILES string of the molecule is Cc1ccc(C(C)C)c(OC[C@H](O)CN2C[C@@H](C)O[C@@H](C)C2)c1. The summed E-state index contributed by atoms with van der Waals surface area (Å²) in [7, 11) is 0. The molecule has 0 saturated carbocycles. The largest absolute Gasteiger partial charge is 0.491 e. The molecule has 0 radical (unpaired) electrons. The molecule has 1 aromatic rings. The summed E-state index contributed by atoms with van der Waals surface area (Å²) in [5.41, 5.74) is 2.37. The van der Waals surface area contributed by atoms with E-state index in [1.807, 2.05) is 0 Å². The van der Waals surface area contributed by atoms with Crippen molar-refractivity contribution in [2.75, 3.05) is 26.2 Å². The maximum atomic E-state index is 10.3. The van der Waals surface area contributed by atoms with E-state index in [-0.39, 0.29) is 12.2 Å². The molecule has 1 saturated heterocycles. The summed E-state index contributed by atoms with van der Waals surface area (Å²) in [6.07, 6.45) is -0.0552. The van der Waals surface area contributed by atoms with Crippen molar-refractivity contribution in [3.8, 4) is 5.75 Å². The number of rotatable bonds is 6. The second-order valence-electron chi connectivity index (χ2n) is 7.14. The highest BCUT2D eigenvalue weighted by atomic mass is 16.5. The van der Waals surface area contributed by atoms with Gasteiger partial charge in [0, 0.05) is 19.6 Å². The molecule has 0 aromatic heterocycles. The minimum atomic E-state index is -0.493. The summed E-state index contributed by atoms with van der Waals surface area (Å²) in [5.74, 6) is 1.30. The summed E-state index contributed by atoms with van der Waals surface area (Å²) >= 11 is 0. The first-order chi connectivity index (χ1) is 10.8. The van der Waals surface area contributed by atoms with Gasteiger partial charge in [0.2, 0.25) is 0 Å². The normalized spacial score (nSPS) is 24.0. The molecule has 0 spiro atoms. The molecule has 0 aliphatic carbocycles. The van der Waals surface area contributed by atoms with E-state index in [2.05, 4.69) is 57.7 Å². The Morgan fingerprint density at radius 3 is 2.52 bits per heavy atom. The van der Waals surface area contributed by atoms with Crippen molar-refractivity contribution >= 4 is 0 Å². The van der Waals surface area contributed by atoms with Crippen LogP contribution in [0.4, 0.5) is 0 Å². The lowest BCUT2D eigenvalue weighted by Gasteiger charge is -2.36. The molecule has 2 rings (SSSR count). The van der Waals surface area contributed by atoms with Crippen molar-refractivity contribution in [3.05, 3.63) is 29.3 Å². The first kappa shape index (κ1) is 18.2. The molecule has 0 unspecified atom stereocenters. The summed E-state index contributed by atoms with van der Waals surface area (Å²) in [4.78, 5) is 2.26. The Hall–Kier alpha value is -1.10. The number of benzene rings is 1. The quantitative estimate of drug-likeness (QED) is 0.875. The second-order valence-corrected chi connectivity index (χ2v) is 7.14. The van der Waals surface area contributed by atoms with E-state index in [9.17, 15) is 5.11 Å². The molecule has 4 heteroatoms. The zero-order valence-corrected chi connectivity index (χ0v) is 15.1. The fraction of sp³-hybridized carbons (Fsp3) is 0.684. The van der Waals surface area contributed by atoms with Gasteiger partial charge in [0.25, 0.3) is 0 Å². The minimum absolute atomic E-state index is 0.219. The second kappa shape index (κ2) is 8.13. The van der Waals surface area contributed by atoms with E-state index < -0.39 is 6.10 Å². The topological polar surface area (TPSA) is 41.9 Å². The molecular formula is C19H31NO3. The standard InChI is InChI=1S/C19H31NO3/c1-13(2)18-7-6-14(3)8-19(18)22-12-17(21)11-20-9-15(4)23-16(5)10-20/h6-8,13,15-17,21H,9-12H2,1-5H3/t15-,16+,17-/m1/s1. The van der Waals surface area contributed by atoms with Crippen LogP contribution in [0.25, 0.3) is 0 Å². The molecule has 23 heavy (non-hydrogen) atoms. The third-order valence-electron chi connectivity index (χ3n) is 4.19. The Labute approximate surface area is 140 Å². The zero-order valence-electron chi connectivity index (χ0n) is 15.1. The van der Waals surface area contributed by atoms with Gasteiger partial charge in [-0.2, -0.15) is 0 Å². The fourth-order valence-corrected chi connectivity index (χ4v) is 3.21. The van der Waals surface area contributed by atoms with Crippen LogP contribution < -0.4 is 4.74 Å². The maximum Gasteiger partial charge on any atom is 0.123 e. The van der Waals surface area contributed by atoms with Crippen LogP contribution in [0.2, 0.25) is 0 Å². The van der Waals surface area contributed by atoms with Crippen molar-refractivity contribution < 1.29 is 14.6 Å². The van der Waals surface area contributed by atoms with E-state index in [0.717, 1.165) is 18.8 Å². The molecule has 1 heterocycles. The van der Waals surface area contributed by atoms with Crippen LogP contribution >= 0.6 is 0 Å². The summed E-state index contributed by atoms with van der Waals surface area (Å²) < 4.78 is 11.7. The van der Waals surface area contributed by atoms with Crippen molar-refractivity contribution in [2.45, 2.75) is 58.8 Å². The van der Waals surface area contributed by atoms with Gasteiger partial charge in [-0.15, -0.1) is 0 Å². The van der Waals surface area contributed by atoms with Gasteiger partial charge in [-0.25, -0.2) is 0 Å². The van der Waals surface area contributed by atoms with Crippen LogP contribution in [-0.4, -0.2) is 54.6 Å². The first-order valence-electron chi connectivity index (χ1n) is 8.64. The van der Waals surface area contributed by atoms with E-state index in [4.69, 9.17) is 9.47 Å². The highest BCUT2D eigenvalue weighted by Crippen LogP contribution is 2.27. The summed E-state index contributed by atoms with van der Waals surface area (Å²) in [6, 6.07) is 6.28. The smallest absolute Gasteiger partial charge is 0.123 e. The highest BCUT2D eigenvalue weighted by molar-refractivity contribution is 5.39. The highest BCUT2D eigenvalue weighted by Gasteiger charge is 2.24. The van der Waals surface area contributed by atoms with Gasteiger partial charge >= 0.3 is 0 Å². The number of ether oxygens (including phenoxy) is 2. The number of hydrogen-bond donors (Lipinski definition) is 1. The molecular weight excluding hydrogens is 290 g/mol. The molecule has 1 aromatic carbocycles. The lowest BCUT2D eigenvalue weighted by molar-refractivity contribution is -0.0787. The molecule has 1 N–H and O–H groups in total. The fourth-order valence-electron chi connectivity index (χ4n) is 3.21. The molecule has 130 valence electrons. The number of nitrogens with zero attached hydrogens (tertiary/aromatic N) is 1. The van der Waals surface area contributed by atoms with E-state index in [1.54, 1.807) is 0 Å². The average molecular weight is 321 g/mol. The molecule has 1 aliphatic rings. The third-order valence-corrected chi connectivity index (χ3v) is 4.19. The number of aliphatic hydroxyl groups is 1. The lowest BCUT2D eigenvalue weighted by Crippen LogP contribution is -2.48. The van der Waals surface area contributed by atoms with Gasteiger partial charge in [0.15, 0.2) is 0 Å². The van der Waals surface area contributed by atoms with Crippen molar-refractivity contribution in [3.63, 3.8) is 0 Å². The Morgan fingerprint density at radius 1 is 1.26 bits per heavy atom. The molecule has 1 fully saturated rings. The van der Waals surface area contributed by atoms with Crippen LogP contribution in [0.1, 0.15) is 44.7 Å². The predicted octanol–water partition coefficient (Wildman–Crippen LogP) is 2.97. The van der Waals surface area contributed by atoms with Crippen molar-refractivity contribution in [1.82, 2.24) is 4.90 Å². The van der Waals surface area contributed by atoms with Crippen molar-refractivity contribution in [2.24, 2.45) is 0 Å². The monoisotopic (exact) mass is 321 g/mol. The first-order valence-corrected chi connectivity index (χ1v) is 8.64. The van der Waals surface area contributed by atoms with Crippen LogP contribution in [-0.2, 0) is 4.74 Å². The van der Waals surface area contributed by atoms with Gasteiger partial charge < -0.3 is 14.6 Å². The van der Waals surface area contributed by atoms with Gasteiger partial charge in [-0.1, -0.05) is 26.0 Å². The molecule has 4 nitrogen and oxygen atoms in total. The number of β-amino-alcohol motifs (C(OH)–C–C–N with tert-alkyl or cyclic N) is 1. The predicted molar refractivity (Wildman–Crippen MR) is 93.2 cm³/mol. The zero-order chi connectivity index (χ0) is 17.0. The molecule has 0 amide bonds. The molecule has 1 aliphatic heterocycles. The van der Waals surface area contributed by atoms with Gasteiger partial charge in [-0.3, -0.25) is 4.90 Å². The van der Waals surface area contributed by atoms with Crippen LogP contribution in [0.3, 0.4) is 0 Å². The summed E-state index contributed by atoms with van der Waals surface area (Å²) in [6.45, 7) is 13.2. The van der Waals surface area contributed by atoms with Crippen molar-refractivity contribution in [1.29, 1.82) is 0 Å². The Balaban J connectivity index is 1.89.